The predicted molar refractivity (Wildman–Crippen MR) is 166 cm³/mol. The topological polar surface area (TPSA) is 145 Å². The van der Waals surface area contributed by atoms with E-state index in [1.165, 1.54) is 12.4 Å². The van der Waals surface area contributed by atoms with Crippen LogP contribution in [0.15, 0.2) is 34.3 Å². The first-order valence-electron chi connectivity index (χ1n) is 15.0. The van der Waals surface area contributed by atoms with E-state index in [1.54, 1.807) is 41.5 Å². The van der Waals surface area contributed by atoms with Gasteiger partial charge >= 0.3 is 29.1 Å². The van der Waals surface area contributed by atoms with Crippen molar-refractivity contribution in [3.8, 4) is 11.5 Å². The fraction of sp³-hybridized carbons (Fsp3) is 0.529. The van der Waals surface area contributed by atoms with Crippen molar-refractivity contribution in [1.82, 2.24) is 0 Å². The van der Waals surface area contributed by atoms with Gasteiger partial charge in [-0.2, -0.15) is 26.3 Å². The van der Waals surface area contributed by atoms with E-state index in [9.17, 15) is 36.6 Å². The Bertz CT molecular complexity index is 1370. The number of carboxylic acid groups (broad SMARTS) is 2. The summed E-state index contributed by atoms with van der Waals surface area (Å²) in [6.45, 7) is 12.2. The zero-order valence-corrected chi connectivity index (χ0v) is 29.5. The van der Waals surface area contributed by atoms with Crippen LogP contribution in [-0.2, 0) is 49.6 Å². The molecule has 0 heterocycles. The molecule has 15 heteroatoms. The summed E-state index contributed by atoms with van der Waals surface area (Å²) < 4.78 is 81.2. The van der Waals surface area contributed by atoms with Gasteiger partial charge in [0, 0.05) is 46.6 Å². The van der Waals surface area contributed by atoms with E-state index >= 15 is 0 Å². The first-order valence-corrected chi connectivity index (χ1v) is 15.0. The Balaban J connectivity index is 0.00000230. The van der Waals surface area contributed by atoms with Crippen molar-refractivity contribution in [3.63, 3.8) is 0 Å². The summed E-state index contributed by atoms with van der Waals surface area (Å²) >= 11 is 0. The third-order valence-corrected chi connectivity index (χ3v) is 7.02. The molecule has 1 aliphatic carbocycles. The number of carbonyl (C=O) groups is 2. The van der Waals surface area contributed by atoms with Crippen molar-refractivity contribution in [3.05, 3.63) is 57.6 Å². The molecule has 2 aromatic rings. The van der Waals surface area contributed by atoms with Gasteiger partial charge < -0.3 is 30.0 Å². The van der Waals surface area contributed by atoms with Crippen molar-refractivity contribution >= 4 is 24.4 Å². The van der Waals surface area contributed by atoms with Gasteiger partial charge in [-0.1, -0.05) is 41.5 Å². The van der Waals surface area contributed by atoms with Crippen LogP contribution in [0.2, 0.25) is 0 Å². The van der Waals surface area contributed by atoms with E-state index in [-0.39, 0.29) is 62.6 Å². The maximum atomic E-state index is 13.5. The summed E-state index contributed by atoms with van der Waals surface area (Å²) in [5.41, 5.74) is -2.98. The molecule has 2 unspecified atom stereocenters. The zero-order valence-electron chi connectivity index (χ0n) is 28.5. The Morgan fingerprint density at radius 3 is 1.22 bits per heavy atom. The number of phenolic OH excluding ortho intramolecular Hbond substituents is 2. The van der Waals surface area contributed by atoms with Crippen LogP contribution in [0.3, 0.4) is 0 Å². The van der Waals surface area contributed by atoms with Crippen molar-refractivity contribution in [2.75, 3.05) is 0 Å². The number of carboxylic acids is 2. The smallest absolute Gasteiger partial charge is 0.550 e. The molecule has 1 aliphatic rings. The minimum atomic E-state index is -4.59. The maximum absolute atomic E-state index is 13.5. The number of phenols is 2. The van der Waals surface area contributed by atoms with Crippen LogP contribution in [0.5, 0.6) is 11.5 Å². The number of aliphatic carboxylic acids is 2. The SMILES string of the molecule is CC(=O)[O-].CC(=O)[O-].CC(C)(C)c1cc(C(F)(F)F)cc(C=NC2CCCC(N=Cc3cc(C(F)(F)F)cc(C(C)(C)C)c3O)C2)c1O.[Co+2]. The average molecular weight is 748 g/mol. The van der Waals surface area contributed by atoms with Gasteiger partial charge in [-0.3, -0.25) is 9.98 Å². The molecule has 0 bridgehead atoms. The Hall–Kier alpha value is -3.59. The summed E-state index contributed by atoms with van der Waals surface area (Å²) in [5, 5.41) is 39.2. The molecule has 275 valence electrons. The maximum Gasteiger partial charge on any atom is 2.00 e. The van der Waals surface area contributed by atoms with E-state index in [4.69, 9.17) is 19.8 Å². The fourth-order valence-electron chi connectivity index (χ4n) is 4.76. The summed E-state index contributed by atoms with van der Waals surface area (Å²) in [6.07, 6.45) is -4.26. The Morgan fingerprint density at radius 1 is 0.694 bits per heavy atom. The molecule has 0 spiro atoms. The number of aliphatic imine (C=N–C) groups is 2. The van der Waals surface area contributed by atoms with E-state index in [0.717, 1.165) is 38.1 Å². The van der Waals surface area contributed by atoms with Gasteiger partial charge in [0.2, 0.25) is 0 Å². The number of benzene rings is 2. The monoisotopic (exact) mass is 747 g/mol. The number of aromatic hydroxyl groups is 2. The van der Waals surface area contributed by atoms with Crippen molar-refractivity contribution < 1.29 is 73.1 Å². The van der Waals surface area contributed by atoms with Gasteiger partial charge in [0.1, 0.15) is 11.5 Å². The van der Waals surface area contributed by atoms with Gasteiger partial charge in [0.25, 0.3) is 0 Å². The third-order valence-electron chi connectivity index (χ3n) is 7.02. The molecule has 49 heavy (non-hydrogen) atoms. The Kier molecular flexibility index (Phi) is 16.6. The number of nitrogens with zero attached hydrogens (tertiary/aromatic N) is 2. The molecule has 0 saturated heterocycles. The zero-order chi connectivity index (χ0) is 37.4. The molecule has 2 N–H and O–H groups in total. The largest absolute Gasteiger partial charge is 2.00 e. The van der Waals surface area contributed by atoms with Crippen LogP contribution in [0.4, 0.5) is 26.3 Å². The molecule has 1 saturated carbocycles. The molecule has 1 radical (unpaired) electrons. The first kappa shape index (κ1) is 45.4. The standard InChI is InChI=1S/C30H36F6N2O2.2C2H4O2.Co/c1-27(2,3)23-12-19(29(31,32)33)10-17(25(23)39)15-37-21-8-7-9-22(14-21)38-16-18-11-20(30(34,35)36)13-24(26(18)40)28(4,5)6;2*1-2(3)4;/h10-13,15-16,21-22,39-40H,7-9,14H2,1-6H3;2*1H3,(H,3,4);/q;;;+2/p-2. The van der Waals surface area contributed by atoms with Crippen LogP contribution in [0, 0.1) is 0 Å². The molecule has 0 aliphatic heterocycles. The Labute approximate surface area is 292 Å². The predicted octanol–water partition coefficient (Wildman–Crippen LogP) is 6.09. The van der Waals surface area contributed by atoms with Crippen LogP contribution >= 0.6 is 0 Å². The molecular formula is C34H42CoF6N2O6. The van der Waals surface area contributed by atoms with Crippen molar-refractivity contribution in [2.45, 2.75) is 116 Å². The third kappa shape index (κ3) is 15.2. The van der Waals surface area contributed by atoms with E-state index in [2.05, 4.69) is 9.98 Å². The summed E-state index contributed by atoms with van der Waals surface area (Å²) in [5.74, 6) is -2.69. The number of rotatable bonds is 4. The van der Waals surface area contributed by atoms with Gasteiger partial charge in [-0.05, 0) is 74.6 Å². The minimum Gasteiger partial charge on any atom is -0.550 e. The first-order chi connectivity index (χ1) is 21.6. The van der Waals surface area contributed by atoms with Crippen LogP contribution in [0.25, 0.3) is 0 Å². The number of alkyl halides is 6. The summed E-state index contributed by atoms with van der Waals surface area (Å²) in [6, 6.07) is 3.04. The van der Waals surface area contributed by atoms with Gasteiger partial charge in [-0.25, -0.2) is 0 Å². The molecule has 3 rings (SSSR count). The number of carbonyl (C=O) groups excluding carboxylic acids is 2. The second-order valence-electron chi connectivity index (χ2n) is 13.4. The minimum absolute atomic E-state index is 0. The number of hydrogen-bond acceptors (Lipinski definition) is 8. The fourth-order valence-corrected chi connectivity index (χ4v) is 4.76. The van der Waals surface area contributed by atoms with Crippen molar-refractivity contribution in [1.29, 1.82) is 0 Å². The van der Waals surface area contributed by atoms with Crippen LogP contribution < -0.4 is 10.2 Å². The molecule has 0 aromatic heterocycles. The van der Waals surface area contributed by atoms with Gasteiger partial charge in [0.05, 0.1) is 23.2 Å². The molecule has 8 nitrogen and oxygen atoms in total. The van der Waals surface area contributed by atoms with Gasteiger partial charge in [0.15, 0.2) is 0 Å². The number of halogens is 6. The van der Waals surface area contributed by atoms with Gasteiger partial charge in [-0.15, -0.1) is 0 Å². The van der Waals surface area contributed by atoms with E-state index < -0.39 is 46.2 Å². The van der Waals surface area contributed by atoms with Crippen LogP contribution in [-0.4, -0.2) is 46.7 Å². The normalized spacial score (nSPS) is 17.0. The second-order valence-corrected chi connectivity index (χ2v) is 13.4. The van der Waals surface area contributed by atoms with E-state index in [1.807, 2.05) is 0 Å². The molecular weight excluding hydrogens is 705 g/mol. The quantitative estimate of drug-likeness (QED) is 0.286. The summed E-state index contributed by atoms with van der Waals surface area (Å²) in [7, 11) is 0. The molecule has 2 atom stereocenters. The number of hydrogen-bond donors (Lipinski definition) is 2. The molecule has 2 aromatic carbocycles. The van der Waals surface area contributed by atoms with Crippen LogP contribution in [0.1, 0.15) is 114 Å². The second kappa shape index (κ2) is 17.9. The Morgan fingerprint density at radius 2 is 0.980 bits per heavy atom. The van der Waals surface area contributed by atoms with E-state index in [0.29, 0.717) is 25.7 Å². The molecule has 0 amide bonds. The van der Waals surface area contributed by atoms with Crippen molar-refractivity contribution in [2.24, 2.45) is 9.98 Å². The average Bonchev–Trinajstić information content (AvgIpc) is 2.89. The molecule has 1 fully saturated rings. The summed E-state index contributed by atoms with van der Waals surface area (Å²) in [4.78, 5) is 26.7.